The number of rotatable bonds is 6. The Balaban J connectivity index is 1.23. The Morgan fingerprint density at radius 2 is 2.00 bits per heavy atom. The number of hydrogen-bond acceptors (Lipinski definition) is 6. The van der Waals surface area contributed by atoms with Crippen LogP contribution in [-0.4, -0.2) is 63.3 Å². The third-order valence-electron chi connectivity index (χ3n) is 6.55. The fourth-order valence-electron chi connectivity index (χ4n) is 4.69. The van der Waals surface area contributed by atoms with Crippen LogP contribution >= 0.6 is 0 Å². The minimum absolute atomic E-state index is 0.114. The summed E-state index contributed by atoms with van der Waals surface area (Å²) in [6, 6.07) is 6.12. The summed E-state index contributed by atoms with van der Waals surface area (Å²) in [6.45, 7) is 7.03. The molecule has 0 unspecified atom stereocenters. The van der Waals surface area contributed by atoms with Gasteiger partial charge in [0.15, 0.2) is 0 Å². The van der Waals surface area contributed by atoms with E-state index in [-0.39, 0.29) is 11.7 Å². The Hall–Kier alpha value is -2.64. The van der Waals surface area contributed by atoms with Gasteiger partial charge in [-0.15, -0.1) is 0 Å². The highest BCUT2D eigenvalue weighted by Gasteiger charge is 2.36. The van der Waals surface area contributed by atoms with Crippen LogP contribution in [0.2, 0.25) is 0 Å². The van der Waals surface area contributed by atoms with E-state index in [4.69, 9.17) is 9.72 Å². The van der Waals surface area contributed by atoms with Crippen molar-refractivity contribution >= 4 is 16.7 Å². The van der Waals surface area contributed by atoms with Crippen LogP contribution in [-0.2, 0) is 23.0 Å². The van der Waals surface area contributed by atoms with Gasteiger partial charge in [-0.25, -0.2) is 9.97 Å². The smallest absolute Gasteiger partial charge is 0.143 e. The zero-order chi connectivity index (χ0) is 21.4. The van der Waals surface area contributed by atoms with Gasteiger partial charge in [0, 0.05) is 48.3 Å². The molecule has 0 N–H and O–H groups in total. The van der Waals surface area contributed by atoms with Crippen LogP contribution in [0.25, 0.3) is 22.0 Å². The van der Waals surface area contributed by atoms with Crippen molar-refractivity contribution in [3.63, 3.8) is 0 Å². The first kappa shape index (κ1) is 20.3. The predicted octanol–water partition coefficient (Wildman–Crippen LogP) is 2.89. The van der Waals surface area contributed by atoms with E-state index >= 15 is 0 Å². The second-order valence-corrected chi connectivity index (χ2v) is 9.46. The molecule has 2 aromatic heterocycles. The SMILES string of the molecule is Cn1cc(-c2ccc3cnc(CC(=O)C4CCN(CC5(C)COC5)CC4)nc3c2)cn1. The van der Waals surface area contributed by atoms with Crippen LogP contribution in [0.3, 0.4) is 0 Å². The molecule has 0 aliphatic carbocycles. The number of benzene rings is 1. The number of ketones is 1. The largest absolute Gasteiger partial charge is 0.380 e. The normalized spacial score (nSPS) is 19.4. The Kier molecular flexibility index (Phi) is 5.32. The predicted molar refractivity (Wildman–Crippen MR) is 119 cm³/mol. The van der Waals surface area contributed by atoms with Gasteiger partial charge in [-0.2, -0.15) is 5.10 Å². The van der Waals surface area contributed by atoms with Crippen molar-refractivity contribution in [3.05, 3.63) is 42.6 Å². The van der Waals surface area contributed by atoms with Crippen molar-refractivity contribution in [1.29, 1.82) is 0 Å². The van der Waals surface area contributed by atoms with E-state index < -0.39 is 0 Å². The molecule has 0 radical (unpaired) electrons. The topological polar surface area (TPSA) is 73.1 Å². The number of carbonyl (C=O) groups excluding carboxylic acids is 1. The van der Waals surface area contributed by atoms with Crippen LogP contribution in [0.1, 0.15) is 25.6 Å². The summed E-state index contributed by atoms with van der Waals surface area (Å²) in [5.41, 5.74) is 3.28. The van der Waals surface area contributed by atoms with Crippen molar-refractivity contribution in [2.75, 3.05) is 32.8 Å². The molecule has 0 bridgehead atoms. The van der Waals surface area contributed by atoms with Crippen LogP contribution in [0.5, 0.6) is 0 Å². The fraction of sp³-hybridized carbons (Fsp3) is 0.500. The van der Waals surface area contributed by atoms with E-state index in [0.29, 0.717) is 17.7 Å². The summed E-state index contributed by atoms with van der Waals surface area (Å²) < 4.78 is 7.16. The zero-order valence-electron chi connectivity index (χ0n) is 18.3. The zero-order valence-corrected chi connectivity index (χ0v) is 18.3. The summed E-state index contributed by atoms with van der Waals surface area (Å²) in [7, 11) is 1.91. The molecule has 3 aromatic rings. The maximum Gasteiger partial charge on any atom is 0.143 e. The van der Waals surface area contributed by atoms with Gasteiger partial charge in [-0.1, -0.05) is 19.1 Å². The van der Waals surface area contributed by atoms with Gasteiger partial charge in [0.2, 0.25) is 0 Å². The molecule has 0 spiro atoms. The molecule has 0 saturated carbocycles. The van der Waals surface area contributed by atoms with Gasteiger partial charge in [0.05, 0.1) is 31.3 Å². The van der Waals surface area contributed by atoms with Gasteiger partial charge in [0.1, 0.15) is 11.6 Å². The van der Waals surface area contributed by atoms with E-state index in [1.54, 1.807) is 4.68 Å². The summed E-state index contributed by atoms with van der Waals surface area (Å²) in [5.74, 6) is 0.991. The molecule has 0 atom stereocenters. The first-order valence-electron chi connectivity index (χ1n) is 11.0. The van der Waals surface area contributed by atoms with Crippen LogP contribution in [0.4, 0.5) is 0 Å². The van der Waals surface area contributed by atoms with E-state index in [2.05, 4.69) is 28.0 Å². The lowest BCUT2D eigenvalue weighted by Gasteiger charge is -2.43. The monoisotopic (exact) mass is 419 g/mol. The molecule has 162 valence electrons. The van der Waals surface area contributed by atoms with Crippen molar-refractivity contribution in [2.45, 2.75) is 26.2 Å². The number of nitrogens with zero attached hydrogens (tertiary/aromatic N) is 5. The van der Waals surface area contributed by atoms with E-state index in [1.165, 1.54) is 0 Å². The van der Waals surface area contributed by atoms with Gasteiger partial charge >= 0.3 is 0 Å². The maximum atomic E-state index is 12.9. The third kappa shape index (κ3) is 4.38. The highest BCUT2D eigenvalue weighted by molar-refractivity contribution is 5.85. The van der Waals surface area contributed by atoms with Gasteiger partial charge < -0.3 is 9.64 Å². The molecule has 2 fully saturated rings. The summed E-state index contributed by atoms with van der Waals surface area (Å²) >= 11 is 0. The van der Waals surface area contributed by atoms with E-state index in [1.807, 2.05) is 37.8 Å². The molecule has 2 aliphatic heterocycles. The van der Waals surface area contributed by atoms with Crippen LogP contribution in [0, 0.1) is 11.3 Å². The maximum absolute atomic E-state index is 12.9. The van der Waals surface area contributed by atoms with E-state index in [9.17, 15) is 4.79 Å². The van der Waals surface area contributed by atoms with Gasteiger partial charge in [-0.05, 0) is 37.6 Å². The van der Waals surface area contributed by atoms with Crippen molar-refractivity contribution in [1.82, 2.24) is 24.6 Å². The second kappa shape index (κ2) is 8.13. The number of aryl methyl sites for hydroxylation is 1. The van der Waals surface area contributed by atoms with Crippen molar-refractivity contribution in [3.8, 4) is 11.1 Å². The van der Waals surface area contributed by atoms with Crippen molar-refractivity contribution in [2.24, 2.45) is 18.4 Å². The minimum atomic E-state index is 0.114. The molecule has 5 rings (SSSR count). The molecule has 0 amide bonds. The minimum Gasteiger partial charge on any atom is -0.380 e. The van der Waals surface area contributed by atoms with Crippen molar-refractivity contribution < 1.29 is 9.53 Å². The number of likely N-dealkylation sites (tertiary alicyclic amines) is 1. The molecule has 31 heavy (non-hydrogen) atoms. The molecule has 1 aromatic carbocycles. The molecular formula is C24H29N5O2. The number of aromatic nitrogens is 4. The quantitative estimate of drug-likeness (QED) is 0.612. The fourth-order valence-corrected chi connectivity index (χ4v) is 4.69. The highest BCUT2D eigenvalue weighted by Crippen LogP contribution is 2.30. The number of hydrogen-bond donors (Lipinski definition) is 0. The lowest BCUT2D eigenvalue weighted by molar-refractivity contribution is -0.127. The number of ether oxygens (including phenoxy) is 1. The molecule has 4 heterocycles. The highest BCUT2D eigenvalue weighted by atomic mass is 16.5. The average molecular weight is 420 g/mol. The summed E-state index contributed by atoms with van der Waals surface area (Å²) in [6.07, 6.45) is 7.81. The first-order chi connectivity index (χ1) is 15.0. The Labute approximate surface area is 182 Å². The molecule has 7 heteroatoms. The molecule has 7 nitrogen and oxygen atoms in total. The Bertz CT molecular complexity index is 1100. The molecule has 2 aliphatic rings. The summed E-state index contributed by atoms with van der Waals surface area (Å²) in [4.78, 5) is 24.6. The third-order valence-corrected chi connectivity index (χ3v) is 6.55. The Morgan fingerprint density at radius 1 is 1.19 bits per heavy atom. The van der Waals surface area contributed by atoms with Crippen LogP contribution in [0.15, 0.2) is 36.8 Å². The number of carbonyl (C=O) groups is 1. The number of piperidine rings is 1. The molecule has 2 saturated heterocycles. The number of fused-ring (bicyclic) bond motifs is 1. The standard InChI is InChI=1S/C24H29N5O2/c1-24(15-31-16-24)14-29-7-5-17(6-8-29)22(30)10-23-25-11-19-4-3-18(9-21(19)27-23)20-12-26-28(2)13-20/h3-4,9,11-13,17H,5-8,10,14-16H2,1-2H3. The first-order valence-corrected chi connectivity index (χ1v) is 11.0. The second-order valence-electron chi connectivity index (χ2n) is 9.46. The van der Waals surface area contributed by atoms with Crippen LogP contribution < -0.4 is 0 Å². The lowest BCUT2D eigenvalue weighted by atomic mass is 9.85. The Morgan fingerprint density at radius 3 is 2.68 bits per heavy atom. The van der Waals surface area contributed by atoms with Gasteiger partial charge in [0.25, 0.3) is 0 Å². The summed E-state index contributed by atoms with van der Waals surface area (Å²) in [5, 5.41) is 5.22. The number of Topliss-reactive ketones (excluding diaryl/α,β-unsaturated/α-hetero) is 1. The average Bonchev–Trinajstić information content (AvgIpc) is 3.19. The van der Waals surface area contributed by atoms with Gasteiger partial charge in [-0.3, -0.25) is 9.48 Å². The lowest BCUT2D eigenvalue weighted by Crippen LogP contribution is -2.50. The van der Waals surface area contributed by atoms with E-state index in [0.717, 1.165) is 67.7 Å². The molecular weight excluding hydrogens is 390 g/mol.